The summed E-state index contributed by atoms with van der Waals surface area (Å²) in [5.74, 6) is -0.447. The third-order valence-electron chi connectivity index (χ3n) is 12.5. The highest BCUT2D eigenvalue weighted by Crippen LogP contribution is 2.36. The fraction of sp³-hybridized carbons (Fsp3) is 0.372. The van der Waals surface area contributed by atoms with Crippen molar-refractivity contribution in [3.05, 3.63) is 102 Å². The van der Waals surface area contributed by atoms with E-state index >= 15 is 0 Å². The van der Waals surface area contributed by atoms with Gasteiger partial charge in [-0.25, -0.2) is 18.9 Å². The molecule has 1 unspecified atom stereocenters. The number of imide groups is 2. The van der Waals surface area contributed by atoms with E-state index in [-0.39, 0.29) is 24.7 Å². The Hall–Kier alpha value is -6.22. The van der Waals surface area contributed by atoms with Crippen molar-refractivity contribution in [3.63, 3.8) is 0 Å². The number of aromatic nitrogens is 4. The van der Waals surface area contributed by atoms with Crippen molar-refractivity contribution < 1.29 is 23.6 Å². The Morgan fingerprint density at radius 3 is 2.33 bits per heavy atom. The Labute approximate surface area is 334 Å². The van der Waals surface area contributed by atoms with Crippen LogP contribution in [0, 0.1) is 5.82 Å². The zero-order valence-electron chi connectivity index (χ0n) is 32.0. The number of amides is 4. The van der Waals surface area contributed by atoms with Gasteiger partial charge in [0.2, 0.25) is 11.8 Å². The molecule has 4 fully saturated rings. The lowest BCUT2D eigenvalue weighted by Crippen LogP contribution is -2.54. The Morgan fingerprint density at radius 1 is 0.707 bits per heavy atom. The molecule has 1 N–H and O–H groups in total. The average molecular weight is 783 g/mol. The van der Waals surface area contributed by atoms with E-state index in [1.54, 1.807) is 24.3 Å². The molecule has 5 aromatic rings. The summed E-state index contributed by atoms with van der Waals surface area (Å²) in [5, 5.41) is 7.29. The lowest BCUT2D eigenvalue weighted by Gasteiger charge is -2.43. The van der Waals surface area contributed by atoms with Gasteiger partial charge in [-0.05, 0) is 92.3 Å². The molecule has 0 bridgehead atoms. The average Bonchev–Trinajstić information content (AvgIpc) is 3.98. The molecule has 0 aliphatic carbocycles. The topological polar surface area (TPSA) is 140 Å². The molecule has 15 heteroatoms. The molecule has 8 heterocycles. The minimum Gasteiger partial charge on any atom is -0.371 e. The molecular weight excluding hydrogens is 740 g/mol. The van der Waals surface area contributed by atoms with E-state index in [1.807, 2.05) is 47.1 Å². The Morgan fingerprint density at radius 2 is 1.52 bits per heavy atom. The van der Waals surface area contributed by atoms with Gasteiger partial charge in [0.25, 0.3) is 11.8 Å². The van der Waals surface area contributed by atoms with Crippen molar-refractivity contribution in [2.75, 3.05) is 60.5 Å². The number of hydrogen-bond donors (Lipinski definition) is 1. The number of imidazole rings is 1. The van der Waals surface area contributed by atoms with E-state index in [0.717, 1.165) is 116 Å². The summed E-state index contributed by atoms with van der Waals surface area (Å²) in [6.07, 6.45) is 5.95. The van der Waals surface area contributed by atoms with Crippen LogP contribution in [0.3, 0.4) is 0 Å². The first kappa shape index (κ1) is 36.1. The summed E-state index contributed by atoms with van der Waals surface area (Å²) in [5.41, 5.74) is 4.81. The summed E-state index contributed by atoms with van der Waals surface area (Å²) in [7, 11) is 0. The van der Waals surface area contributed by atoms with Crippen LogP contribution >= 0.6 is 0 Å². The van der Waals surface area contributed by atoms with Gasteiger partial charge in [-0.1, -0.05) is 18.2 Å². The molecule has 0 radical (unpaired) electrons. The first-order valence-electron chi connectivity index (χ1n) is 20.2. The minimum absolute atomic E-state index is 0.0617. The van der Waals surface area contributed by atoms with Gasteiger partial charge in [-0.2, -0.15) is 0 Å². The van der Waals surface area contributed by atoms with Gasteiger partial charge in [0.05, 0.1) is 29.1 Å². The molecule has 0 spiro atoms. The molecule has 4 amide bonds. The smallest absolute Gasteiger partial charge is 0.262 e. The highest BCUT2D eigenvalue weighted by molar-refractivity contribution is 6.23. The molecule has 58 heavy (non-hydrogen) atoms. The van der Waals surface area contributed by atoms with Crippen LogP contribution in [-0.4, -0.2) is 111 Å². The summed E-state index contributed by atoms with van der Waals surface area (Å²) < 4.78 is 16.0. The summed E-state index contributed by atoms with van der Waals surface area (Å²) >= 11 is 0. The van der Waals surface area contributed by atoms with Crippen molar-refractivity contribution >= 4 is 46.6 Å². The van der Waals surface area contributed by atoms with E-state index in [2.05, 4.69) is 36.0 Å². The number of halogens is 1. The van der Waals surface area contributed by atoms with Crippen molar-refractivity contribution in [1.82, 2.24) is 34.7 Å². The fourth-order valence-electron chi connectivity index (χ4n) is 9.50. The highest BCUT2D eigenvalue weighted by atomic mass is 19.1. The number of pyridine rings is 1. The lowest BCUT2D eigenvalue weighted by molar-refractivity contribution is -0.136. The maximum atomic E-state index is 14.1. The second-order valence-electron chi connectivity index (χ2n) is 15.8. The molecule has 2 atom stereocenters. The Kier molecular flexibility index (Phi) is 9.11. The molecule has 5 aliphatic heterocycles. The van der Waals surface area contributed by atoms with Crippen molar-refractivity contribution in [3.8, 4) is 11.4 Å². The molecule has 2 aromatic carbocycles. The third kappa shape index (κ3) is 6.42. The maximum Gasteiger partial charge on any atom is 0.262 e. The quantitative estimate of drug-likeness (QED) is 0.234. The van der Waals surface area contributed by atoms with Crippen LogP contribution in [0.25, 0.3) is 17.0 Å². The first-order chi connectivity index (χ1) is 28.3. The van der Waals surface area contributed by atoms with Gasteiger partial charge in [0.1, 0.15) is 29.2 Å². The second kappa shape index (κ2) is 14.6. The SMILES string of the molecule is O=C1CCC(N2C(=O)c3ccc(N4CCC(N5CCN(c6cccc(-c7cnc8ccc(N9CCC[C@@H]9c9cccc(F)c9)nn78)n6)CC5)CC4)cc3C2=O)C(=O)N1. The van der Waals surface area contributed by atoms with Crippen LogP contribution < -0.4 is 20.0 Å². The van der Waals surface area contributed by atoms with E-state index in [4.69, 9.17) is 10.1 Å². The zero-order valence-corrected chi connectivity index (χ0v) is 32.0. The molecule has 14 nitrogen and oxygen atoms in total. The number of piperidine rings is 2. The second-order valence-corrected chi connectivity index (χ2v) is 15.8. The molecule has 10 rings (SSSR count). The predicted octanol–water partition coefficient (Wildman–Crippen LogP) is 4.46. The number of carbonyl (C=O) groups is 4. The summed E-state index contributed by atoms with van der Waals surface area (Å²) in [4.78, 5) is 70.9. The summed E-state index contributed by atoms with van der Waals surface area (Å²) in [6.45, 7) is 6.04. The normalized spacial score (nSPS) is 22.0. The van der Waals surface area contributed by atoms with Crippen molar-refractivity contribution in [2.45, 2.75) is 56.7 Å². The third-order valence-corrected chi connectivity index (χ3v) is 12.5. The number of piperazine rings is 1. The van der Waals surface area contributed by atoms with Gasteiger partial charge < -0.3 is 14.7 Å². The van der Waals surface area contributed by atoms with Gasteiger partial charge in [0, 0.05) is 64.0 Å². The maximum absolute atomic E-state index is 14.1. The highest BCUT2D eigenvalue weighted by Gasteiger charge is 2.45. The Bertz CT molecular complexity index is 2460. The molecule has 296 valence electrons. The standard InChI is InChI=1S/C43H43FN10O4/c44-28-5-1-4-27(24-28)34-7-3-17-52(34)39-13-12-37-45-26-36(54(37)48-39)33-6-2-8-38(46-33)51-22-20-50(21-23-51)29-15-18-49(19-16-29)30-9-10-31-32(25-30)43(58)53(42(31)57)35-11-14-40(55)47-41(35)56/h1-2,4-6,8-10,12-13,24-26,29,34-35H,3,7,11,14-23H2,(H,47,55,56)/t34-,35?/m1/s1. The van der Waals surface area contributed by atoms with Crippen LogP contribution in [-0.2, 0) is 9.59 Å². The van der Waals surface area contributed by atoms with Crippen molar-refractivity contribution in [2.24, 2.45) is 0 Å². The van der Waals surface area contributed by atoms with E-state index in [0.29, 0.717) is 17.2 Å². The van der Waals surface area contributed by atoms with Crippen LogP contribution in [0.15, 0.2) is 79.0 Å². The van der Waals surface area contributed by atoms with Crippen molar-refractivity contribution in [1.29, 1.82) is 0 Å². The van der Waals surface area contributed by atoms with E-state index in [9.17, 15) is 23.6 Å². The van der Waals surface area contributed by atoms with Crippen LogP contribution in [0.4, 0.5) is 21.7 Å². The number of carbonyl (C=O) groups excluding carboxylic acids is 4. The van der Waals surface area contributed by atoms with Gasteiger partial charge in [-0.3, -0.25) is 34.3 Å². The van der Waals surface area contributed by atoms with Crippen LogP contribution in [0.1, 0.15) is 70.8 Å². The number of anilines is 3. The number of benzene rings is 2. The van der Waals surface area contributed by atoms with Gasteiger partial charge in [-0.15, -0.1) is 5.10 Å². The predicted molar refractivity (Wildman–Crippen MR) is 214 cm³/mol. The first-order valence-corrected chi connectivity index (χ1v) is 20.2. The molecule has 0 saturated carbocycles. The van der Waals surface area contributed by atoms with Gasteiger partial charge >= 0.3 is 0 Å². The number of nitrogens with zero attached hydrogens (tertiary/aromatic N) is 9. The minimum atomic E-state index is -0.975. The van der Waals surface area contributed by atoms with E-state index < -0.39 is 29.7 Å². The van der Waals surface area contributed by atoms with E-state index in [1.165, 1.54) is 6.07 Å². The summed E-state index contributed by atoms with van der Waals surface area (Å²) in [6, 6.07) is 21.8. The molecule has 3 aromatic heterocycles. The number of hydrogen-bond acceptors (Lipinski definition) is 11. The molecule has 4 saturated heterocycles. The van der Waals surface area contributed by atoms with Gasteiger partial charge in [0.15, 0.2) is 5.65 Å². The monoisotopic (exact) mass is 782 g/mol. The van der Waals surface area contributed by atoms with Crippen LogP contribution in [0.5, 0.6) is 0 Å². The molecular formula is C43H43FN10O4. The number of nitrogens with one attached hydrogen (secondary N) is 1. The number of rotatable bonds is 7. The van der Waals surface area contributed by atoms with Crippen LogP contribution in [0.2, 0.25) is 0 Å². The number of fused-ring (bicyclic) bond motifs is 2. The zero-order chi connectivity index (χ0) is 39.5. The molecule has 5 aliphatic rings. The fourth-order valence-corrected chi connectivity index (χ4v) is 9.50. The largest absolute Gasteiger partial charge is 0.371 e. The lowest BCUT2D eigenvalue weighted by atomic mass is 10.0. The Balaban J connectivity index is 0.770.